The number of nitrogens with zero attached hydrogens (tertiary/aromatic N) is 2. The molecule has 0 radical (unpaired) electrons. The molecular weight excluding hydrogens is 332 g/mol. The highest BCUT2D eigenvalue weighted by atomic mass is 32.2. The number of hydroxylamine groups is 2. The van der Waals surface area contributed by atoms with Crippen LogP contribution in [0.1, 0.15) is 46.1 Å². The van der Waals surface area contributed by atoms with Gasteiger partial charge in [0.2, 0.25) is 6.41 Å². The Balaban J connectivity index is 1.96. The Kier molecular flexibility index (Phi) is 7.26. The van der Waals surface area contributed by atoms with E-state index in [1.54, 1.807) is 0 Å². The molecular formula is C20H28N2O2S. The van der Waals surface area contributed by atoms with Crippen molar-refractivity contribution in [3.05, 3.63) is 42.1 Å². The van der Waals surface area contributed by atoms with Crippen molar-refractivity contribution in [1.29, 1.82) is 0 Å². The van der Waals surface area contributed by atoms with Crippen LogP contribution in [-0.2, 0) is 15.4 Å². The van der Waals surface area contributed by atoms with Crippen molar-refractivity contribution < 1.29 is 9.63 Å². The van der Waals surface area contributed by atoms with Crippen LogP contribution in [0, 0.1) is 0 Å². The minimum atomic E-state index is -0.375. The van der Waals surface area contributed by atoms with E-state index in [1.165, 1.54) is 10.6 Å². The zero-order valence-corrected chi connectivity index (χ0v) is 16.4. The van der Waals surface area contributed by atoms with Gasteiger partial charge < -0.3 is 0 Å². The van der Waals surface area contributed by atoms with Crippen LogP contribution in [0.15, 0.2) is 36.5 Å². The third kappa shape index (κ3) is 6.33. The predicted molar refractivity (Wildman–Crippen MR) is 105 cm³/mol. The lowest BCUT2D eigenvalue weighted by atomic mass is 10.2. The molecule has 1 aromatic carbocycles. The molecule has 0 N–H and O–H groups in total. The lowest BCUT2D eigenvalue weighted by molar-refractivity contribution is -0.230. The molecule has 5 heteroatoms. The summed E-state index contributed by atoms with van der Waals surface area (Å²) in [7, 11) is 0. The highest BCUT2D eigenvalue weighted by molar-refractivity contribution is 7.98. The first-order chi connectivity index (χ1) is 11.9. The largest absolute Gasteiger partial charge is 0.276 e. The fraction of sp³-hybridized carbons (Fsp3) is 0.500. The second kappa shape index (κ2) is 9.20. The van der Waals surface area contributed by atoms with Gasteiger partial charge in [-0.1, -0.05) is 31.5 Å². The van der Waals surface area contributed by atoms with Gasteiger partial charge in [0.15, 0.2) is 0 Å². The normalized spacial score (nSPS) is 13.0. The molecule has 1 aromatic heterocycles. The number of hydrogen-bond donors (Lipinski definition) is 0. The minimum Gasteiger partial charge on any atom is -0.276 e. The van der Waals surface area contributed by atoms with Crippen LogP contribution >= 0.6 is 11.8 Å². The van der Waals surface area contributed by atoms with Crippen molar-refractivity contribution in [2.75, 3.05) is 5.75 Å². The van der Waals surface area contributed by atoms with Crippen LogP contribution < -0.4 is 0 Å². The van der Waals surface area contributed by atoms with E-state index >= 15 is 0 Å². The summed E-state index contributed by atoms with van der Waals surface area (Å²) in [5.74, 6) is 1.72. The van der Waals surface area contributed by atoms with Crippen LogP contribution in [0.5, 0.6) is 0 Å². The molecule has 25 heavy (non-hydrogen) atoms. The Morgan fingerprint density at radius 2 is 2.08 bits per heavy atom. The topological polar surface area (TPSA) is 42.4 Å². The molecule has 0 bridgehead atoms. The summed E-state index contributed by atoms with van der Waals surface area (Å²) in [6.45, 7) is 8.01. The Morgan fingerprint density at radius 3 is 2.76 bits per heavy atom. The van der Waals surface area contributed by atoms with Crippen molar-refractivity contribution in [2.24, 2.45) is 0 Å². The lowest BCUT2D eigenvalue weighted by Gasteiger charge is -2.32. The maximum Gasteiger partial charge on any atom is 0.233 e. The smallest absolute Gasteiger partial charge is 0.233 e. The number of aromatic nitrogens is 1. The van der Waals surface area contributed by atoms with Crippen molar-refractivity contribution in [3.8, 4) is 0 Å². The number of carbonyl (C=O) groups is 1. The fourth-order valence-electron chi connectivity index (χ4n) is 2.62. The van der Waals surface area contributed by atoms with Gasteiger partial charge in [-0.3, -0.25) is 14.6 Å². The lowest BCUT2D eigenvalue weighted by Crippen LogP contribution is -2.41. The molecule has 0 saturated carbocycles. The number of pyridine rings is 1. The molecule has 0 aliphatic rings. The molecule has 1 amide bonds. The molecule has 4 nitrogen and oxygen atoms in total. The van der Waals surface area contributed by atoms with Crippen molar-refractivity contribution in [1.82, 2.24) is 10.0 Å². The van der Waals surface area contributed by atoms with Crippen LogP contribution in [0.4, 0.5) is 0 Å². The Hall–Kier alpha value is -1.59. The number of hydrogen-bond acceptors (Lipinski definition) is 4. The molecule has 0 spiro atoms. The first-order valence-corrected chi connectivity index (χ1v) is 9.92. The van der Waals surface area contributed by atoms with E-state index < -0.39 is 0 Å². The van der Waals surface area contributed by atoms with Crippen molar-refractivity contribution in [3.63, 3.8) is 0 Å². The van der Waals surface area contributed by atoms with E-state index in [9.17, 15) is 4.79 Å². The molecule has 0 aliphatic carbocycles. The van der Waals surface area contributed by atoms with E-state index in [0.29, 0.717) is 0 Å². The standard InChI is InChI=1S/C20H28N2O2S/c1-5-8-18(22(15-23)24-20(2,3)4)14-25-13-16-11-17-9-6-7-10-19(17)21-12-16/h6-7,9-12,15,18H,5,8,13-14H2,1-4H3/t18-/m0/s1. The second-order valence-electron chi connectivity index (χ2n) is 7.16. The molecule has 1 atom stereocenters. The van der Waals surface area contributed by atoms with E-state index in [0.717, 1.165) is 41.7 Å². The summed E-state index contributed by atoms with van der Waals surface area (Å²) < 4.78 is 0. The first-order valence-electron chi connectivity index (χ1n) is 8.77. The zero-order valence-electron chi connectivity index (χ0n) is 15.6. The highest BCUT2D eigenvalue weighted by Gasteiger charge is 2.23. The Labute approximate surface area is 154 Å². The van der Waals surface area contributed by atoms with Gasteiger partial charge in [0.05, 0.1) is 17.2 Å². The summed E-state index contributed by atoms with van der Waals surface area (Å²) in [6.07, 6.45) is 4.69. The second-order valence-corrected chi connectivity index (χ2v) is 8.19. The van der Waals surface area contributed by atoms with E-state index in [4.69, 9.17) is 4.84 Å². The summed E-state index contributed by atoms with van der Waals surface area (Å²) in [6, 6.07) is 10.4. The Bertz CT molecular complexity index is 685. The maximum absolute atomic E-state index is 11.5. The average Bonchev–Trinajstić information content (AvgIpc) is 2.58. The molecule has 0 aliphatic heterocycles. The van der Waals surface area contributed by atoms with Crippen LogP contribution in [0.2, 0.25) is 0 Å². The molecule has 136 valence electrons. The quantitative estimate of drug-likeness (QED) is 0.475. The van der Waals surface area contributed by atoms with Crippen LogP contribution in [0.3, 0.4) is 0 Å². The van der Waals surface area contributed by atoms with E-state index in [1.807, 2.05) is 56.9 Å². The SMILES string of the molecule is CCC[C@@H](CSCc1cnc2ccccc2c1)N(C=O)OC(C)(C)C. The van der Waals surface area contributed by atoms with Crippen molar-refractivity contribution >= 4 is 29.1 Å². The molecule has 0 saturated heterocycles. The summed E-state index contributed by atoms with van der Waals surface area (Å²) in [5.41, 5.74) is 1.85. The minimum absolute atomic E-state index is 0.0835. The molecule has 0 fully saturated rings. The predicted octanol–water partition coefficient (Wildman–Crippen LogP) is 4.83. The summed E-state index contributed by atoms with van der Waals surface area (Å²) >= 11 is 1.81. The zero-order chi connectivity index (χ0) is 18.3. The fourth-order valence-corrected chi connectivity index (χ4v) is 3.72. The van der Waals surface area contributed by atoms with E-state index in [2.05, 4.69) is 24.0 Å². The van der Waals surface area contributed by atoms with Gasteiger partial charge in [-0.15, -0.1) is 0 Å². The van der Waals surface area contributed by atoms with Gasteiger partial charge in [-0.2, -0.15) is 11.8 Å². The number of fused-ring (bicyclic) bond motifs is 1. The van der Waals surface area contributed by atoms with Crippen LogP contribution in [-0.4, -0.2) is 33.9 Å². The van der Waals surface area contributed by atoms with Gasteiger partial charge in [-0.05, 0) is 44.9 Å². The third-order valence-electron chi connectivity index (χ3n) is 3.69. The number of thioether (sulfide) groups is 1. The number of amides is 1. The number of rotatable bonds is 9. The molecule has 2 rings (SSSR count). The molecule has 2 aromatic rings. The summed E-state index contributed by atoms with van der Waals surface area (Å²) in [4.78, 5) is 21.8. The average molecular weight is 361 g/mol. The molecule has 0 unspecified atom stereocenters. The number of benzene rings is 1. The monoisotopic (exact) mass is 360 g/mol. The van der Waals surface area contributed by atoms with Gasteiger partial charge in [0.1, 0.15) is 0 Å². The third-order valence-corrected chi connectivity index (χ3v) is 4.85. The Morgan fingerprint density at radius 1 is 1.32 bits per heavy atom. The van der Waals surface area contributed by atoms with Gasteiger partial charge in [0, 0.05) is 23.1 Å². The van der Waals surface area contributed by atoms with Gasteiger partial charge >= 0.3 is 0 Å². The van der Waals surface area contributed by atoms with Gasteiger partial charge in [-0.25, -0.2) is 5.06 Å². The van der Waals surface area contributed by atoms with Crippen LogP contribution in [0.25, 0.3) is 10.9 Å². The van der Waals surface area contributed by atoms with Gasteiger partial charge in [0.25, 0.3) is 0 Å². The number of carbonyl (C=O) groups excluding carboxylic acids is 1. The molecule has 1 heterocycles. The van der Waals surface area contributed by atoms with E-state index in [-0.39, 0.29) is 11.6 Å². The summed E-state index contributed by atoms with van der Waals surface area (Å²) in [5, 5.41) is 2.66. The first kappa shape index (κ1) is 19.7. The van der Waals surface area contributed by atoms with Crippen molar-refractivity contribution in [2.45, 2.75) is 57.9 Å². The maximum atomic E-state index is 11.5. The number of para-hydroxylation sites is 1. The highest BCUT2D eigenvalue weighted by Crippen LogP contribution is 2.22.